The molecule has 5 nitrogen and oxygen atoms in total. The Hall–Kier alpha value is -1.59. The number of carbonyl (C=O) groups excluding carboxylic acids is 1. The van der Waals surface area contributed by atoms with Gasteiger partial charge in [0.1, 0.15) is 0 Å². The molecule has 0 radical (unpaired) electrons. The van der Waals surface area contributed by atoms with Crippen LogP contribution in [-0.4, -0.2) is 55.7 Å². The molecule has 2 N–H and O–H groups in total. The van der Waals surface area contributed by atoms with Gasteiger partial charge in [-0.2, -0.15) is 0 Å². The zero-order chi connectivity index (χ0) is 16.4. The van der Waals surface area contributed by atoms with Gasteiger partial charge in [0.15, 0.2) is 0 Å². The molecule has 130 valence electrons. The molecule has 1 spiro atoms. The Morgan fingerprint density at radius 2 is 1.96 bits per heavy atom. The summed E-state index contributed by atoms with van der Waals surface area (Å²) in [6, 6.07) is 10.9. The van der Waals surface area contributed by atoms with Crippen molar-refractivity contribution in [1.82, 2.24) is 10.2 Å². The summed E-state index contributed by atoms with van der Waals surface area (Å²) in [5.74, 6) is 0.107. The number of morpholine rings is 1. The predicted octanol–water partition coefficient (Wildman–Crippen LogP) is 1.86. The van der Waals surface area contributed by atoms with Gasteiger partial charge in [0.05, 0.1) is 19.8 Å². The first-order valence-corrected chi connectivity index (χ1v) is 9.18. The van der Waals surface area contributed by atoms with Crippen LogP contribution in [0.1, 0.15) is 25.7 Å². The van der Waals surface area contributed by atoms with Crippen molar-refractivity contribution in [1.29, 1.82) is 0 Å². The Labute approximate surface area is 143 Å². The molecule has 2 atom stereocenters. The average Bonchev–Trinajstić information content (AvgIpc) is 2.57. The molecule has 3 fully saturated rings. The van der Waals surface area contributed by atoms with Crippen LogP contribution in [0, 0.1) is 5.41 Å². The fourth-order valence-electron chi connectivity index (χ4n) is 4.62. The molecule has 24 heavy (non-hydrogen) atoms. The van der Waals surface area contributed by atoms with E-state index in [0.717, 1.165) is 38.4 Å². The van der Waals surface area contributed by atoms with Gasteiger partial charge < -0.3 is 15.4 Å². The second-order valence-corrected chi connectivity index (χ2v) is 7.33. The van der Waals surface area contributed by atoms with Crippen LogP contribution in [0.2, 0.25) is 0 Å². The van der Waals surface area contributed by atoms with Gasteiger partial charge in [-0.05, 0) is 31.4 Å². The predicted molar refractivity (Wildman–Crippen MR) is 93.9 cm³/mol. The standard InChI is InChI=1S/C19H27N3O2/c23-18(14-20-15-5-2-1-3-6-15)21-16-13-17(19(16)7-4-8-19)22-9-11-24-12-10-22/h1-3,5-6,16-17,20H,4,7-14H2,(H,21,23)/t16-,17-/m1/s1. The lowest BCUT2D eigenvalue weighted by molar-refractivity contribution is -0.146. The largest absolute Gasteiger partial charge is 0.379 e. The first kappa shape index (κ1) is 15.9. The van der Waals surface area contributed by atoms with Gasteiger partial charge in [-0.1, -0.05) is 24.6 Å². The van der Waals surface area contributed by atoms with Crippen LogP contribution in [0.15, 0.2) is 30.3 Å². The normalized spacial score (nSPS) is 28.7. The highest BCUT2D eigenvalue weighted by Crippen LogP contribution is 2.57. The molecule has 4 rings (SSSR count). The highest BCUT2D eigenvalue weighted by Gasteiger charge is 2.60. The van der Waals surface area contributed by atoms with Crippen molar-refractivity contribution in [2.75, 3.05) is 38.2 Å². The lowest BCUT2D eigenvalue weighted by Crippen LogP contribution is -2.72. The van der Waals surface area contributed by atoms with E-state index >= 15 is 0 Å². The minimum Gasteiger partial charge on any atom is -0.379 e. The van der Waals surface area contributed by atoms with Crippen molar-refractivity contribution in [2.24, 2.45) is 5.41 Å². The number of para-hydroxylation sites is 1. The molecule has 0 bridgehead atoms. The van der Waals surface area contributed by atoms with Gasteiger partial charge in [-0.3, -0.25) is 9.69 Å². The zero-order valence-corrected chi connectivity index (χ0v) is 14.2. The first-order chi connectivity index (χ1) is 11.8. The molecule has 1 aromatic carbocycles. The third-order valence-electron chi connectivity index (χ3n) is 6.15. The number of nitrogens with zero attached hydrogens (tertiary/aromatic N) is 1. The van der Waals surface area contributed by atoms with E-state index in [-0.39, 0.29) is 5.91 Å². The molecule has 1 saturated heterocycles. The van der Waals surface area contributed by atoms with Gasteiger partial charge in [0.2, 0.25) is 5.91 Å². The highest BCUT2D eigenvalue weighted by atomic mass is 16.5. The van der Waals surface area contributed by atoms with E-state index in [0.29, 0.717) is 24.0 Å². The van der Waals surface area contributed by atoms with Gasteiger partial charge in [0.25, 0.3) is 0 Å². The van der Waals surface area contributed by atoms with Crippen LogP contribution < -0.4 is 10.6 Å². The SMILES string of the molecule is O=C(CNc1ccccc1)N[C@@H]1C[C@@H](N2CCOCC2)C12CCC2. The van der Waals surface area contributed by atoms with E-state index in [1.165, 1.54) is 19.3 Å². The van der Waals surface area contributed by atoms with Crippen LogP contribution in [0.25, 0.3) is 0 Å². The van der Waals surface area contributed by atoms with Crippen molar-refractivity contribution in [3.05, 3.63) is 30.3 Å². The summed E-state index contributed by atoms with van der Waals surface area (Å²) in [6.07, 6.45) is 4.91. The van der Waals surface area contributed by atoms with Crippen molar-refractivity contribution in [2.45, 2.75) is 37.8 Å². The highest BCUT2D eigenvalue weighted by molar-refractivity contribution is 5.81. The maximum absolute atomic E-state index is 12.3. The van der Waals surface area contributed by atoms with Gasteiger partial charge >= 0.3 is 0 Å². The number of anilines is 1. The van der Waals surface area contributed by atoms with E-state index < -0.39 is 0 Å². The summed E-state index contributed by atoms with van der Waals surface area (Å²) in [4.78, 5) is 14.9. The van der Waals surface area contributed by atoms with Crippen LogP contribution in [0.4, 0.5) is 5.69 Å². The van der Waals surface area contributed by atoms with E-state index in [1.807, 2.05) is 30.3 Å². The molecular formula is C19H27N3O2. The first-order valence-electron chi connectivity index (χ1n) is 9.18. The van der Waals surface area contributed by atoms with E-state index in [2.05, 4.69) is 15.5 Å². The Balaban J connectivity index is 1.30. The Morgan fingerprint density at radius 1 is 1.21 bits per heavy atom. The Morgan fingerprint density at radius 3 is 2.62 bits per heavy atom. The van der Waals surface area contributed by atoms with E-state index in [4.69, 9.17) is 4.74 Å². The second kappa shape index (κ2) is 6.73. The number of nitrogens with one attached hydrogen (secondary N) is 2. The molecule has 1 heterocycles. The molecule has 2 saturated carbocycles. The fraction of sp³-hybridized carbons (Fsp3) is 0.632. The monoisotopic (exact) mass is 329 g/mol. The zero-order valence-electron chi connectivity index (χ0n) is 14.2. The molecule has 0 unspecified atom stereocenters. The van der Waals surface area contributed by atoms with Crippen LogP contribution in [0.3, 0.4) is 0 Å². The van der Waals surface area contributed by atoms with Gasteiger partial charge in [-0.25, -0.2) is 0 Å². The molecular weight excluding hydrogens is 302 g/mol. The average molecular weight is 329 g/mol. The molecule has 1 aromatic rings. The quantitative estimate of drug-likeness (QED) is 0.866. The van der Waals surface area contributed by atoms with Crippen molar-refractivity contribution in [3.8, 4) is 0 Å². The lowest BCUT2D eigenvalue weighted by Gasteiger charge is -2.64. The summed E-state index contributed by atoms with van der Waals surface area (Å²) in [6.45, 7) is 4.14. The van der Waals surface area contributed by atoms with Crippen LogP contribution in [-0.2, 0) is 9.53 Å². The fourth-order valence-corrected chi connectivity index (χ4v) is 4.62. The van der Waals surface area contributed by atoms with Crippen molar-refractivity contribution >= 4 is 11.6 Å². The number of benzene rings is 1. The molecule has 5 heteroatoms. The van der Waals surface area contributed by atoms with E-state index in [9.17, 15) is 4.79 Å². The number of carbonyl (C=O) groups is 1. The van der Waals surface area contributed by atoms with Crippen molar-refractivity contribution in [3.63, 3.8) is 0 Å². The third kappa shape index (κ3) is 2.91. The van der Waals surface area contributed by atoms with E-state index in [1.54, 1.807) is 0 Å². The minimum absolute atomic E-state index is 0.107. The summed E-state index contributed by atoms with van der Waals surface area (Å²) < 4.78 is 5.48. The van der Waals surface area contributed by atoms with Gasteiger partial charge in [0, 0.05) is 36.3 Å². The number of ether oxygens (including phenoxy) is 1. The maximum atomic E-state index is 12.3. The lowest BCUT2D eigenvalue weighted by atomic mass is 9.49. The molecule has 1 amide bonds. The third-order valence-corrected chi connectivity index (χ3v) is 6.15. The summed E-state index contributed by atoms with van der Waals surface area (Å²) >= 11 is 0. The smallest absolute Gasteiger partial charge is 0.239 e. The minimum atomic E-state index is 0.107. The van der Waals surface area contributed by atoms with Gasteiger partial charge in [-0.15, -0.1) is 0 Å². The maximum Gasteiger partial charge on any atom is 0.239 e. The molecule has 1 aliphatic heterocycles. The van der Waals surface area contributed by atoms with Crippen LogP contribution in [0.5, 0.6) is 0 Å². The van der Waals surface area contributed by atoms with Crippen LogP contribution >= 0.6 is 0 Å². The summed E-state index contributed by atoms with van der Waals surface area (Å²) in [5, 5.41) is 6.49. The topological polar surface area (TPSA) is 53.6 Å². The molecule has 2 aliphatic carbocycles. The summed E-state index contributed by atoms with van der Waals surface area (Å²) in [5.41, 5.74) is 1.32. The van der Waals surface area contributed by atoms with Crippen molar-refractivity contribution < 1.29 is 9.53 Å². The summed E-state index contributed by atoms with van der Waals surface area (Å²) in [7, 11) is 0. The second-order valence-electron chi connectivity index (χ2n) is 7.33. The molecule has 3 aliphatic rings. The Bertz CT molecular complexity index is 567. The number of amides is 1. The Kier molecular flexibility index (Phi) is 4.46. The molecule has 0 aromatic heterocycles. The number of rotatable bonds is 5. The number of hydrogen-bond acceptors (Lipinski definition) is 4. The number of hydrogen-bond donors (Lipinski definition) is 2.